The fourth-order valence-corrected chi connectivity index (χ4v) is 5.35. The van der Waals surface area contributed by atoms with Gasteiger partial charge in [-0.2, -0.15) is 0 Å². The highest BCUT2D eigenvalue weighted by Gasteiger charge is 2.29. The number of carbonyl (C=O) groups is 1. The number of hydrogen-bond donors (Lipinski definition) is 1. The molecule has 3 aromatic rings. The molecule has 7 nitrogen and oxygen atoms in total. The fraction of sp³-hybridized carbons (Fsp3) is 0.321. The van der Waals surface area contributed by atoms with Gasteiger partial charge in [0.25, 0.3) is 10.0 Å². The summed E-state index contributed by atoms with van der Waals surface area (Å²) < 4.78 is 39.3. The Hall–Kier alpha value is -3.52. The highest BCUT2D eigenvalue weighted by molar-refractivity contribution is 7.92. The van der Waals surface area contributed by atoms with Gasteiger partial charge < -0.3 is 14.8 Å². The number of nitrogens with zero attached hydrogens (tertiary/aromatic N) is 1. The zero-order valence-electron chi connectivity index (χ0n) is 21.4. The Balaban J connectivity index is 1.99. The van der Waals surface area contributed by atoms with Gasteiger partial charge in [-0.15, -0.1) is 0 Å². The van der Waals surface area contributed by atoms with Crippen LogP contribution in [-0.2, 0) is 14.8 Å². The highest BCUT2D eigenvalue weighted by atomic mass is 32.2. The number of hydrogen-bond acceptors (Lipinski definition) is 5. The van der Waals surface area contributed by atoms with Crippen molar-refractivity contribution in [1.82, 2.24) is 5.32 Å². The van der Waals surface area contributed by atoms with E-state index in [2.05, 4.69) is 19.2 Å². The first-order valence-electron chi connectivity index (χ1n) is 11.8. The summed E-state index contributed by atoms with van der Waals surface area (Å²) in [4.78, 5) is 13.4. The first kappa shape index (κ1) is 27.1. The zero-order chi connectivity index (χ0) is 26.3. The molecule has 0 heterocycles. The lowest BCUT2D eigenvalue weighted by atomic mass is 9.97. The van der Waals surface area contributed by atoms with Gasteiger partial charge in [-0.25, -0.2) is 8.42 Å². The highest BCUT2D eigenvalue weighted by Crippen LogP contribution is 2.34. The van der Waals surface area contributed by atoms with Gasteiger partial charge in [0.05, 0.1) is 30.8 Å². The Kier molecular flexibility index (Phi) is 8.98. The molecule has 8 heteroatoms. The Morgan fingerprint density at radius 2 is 1.56 bits per heavy atom. The first-order chi connectivity index (χ1) is 17.1. The Morgan fingerprint density at radius 1 is 0.917 bits per heavy atom. The largest absolute Gasteiger partial charge is 0.493 e. The lowest BCUT2D eigenvalue weighted by molar-refractivity contribution is -0.120. The minimum atomic E-state index is -4.06. The van der Waals surface area contributed by atoms with E-state index in [4.69, 9.17) is 9.47 Å². The third-order valence-electron chi connectivity index (χ3n) is 5.80. The molecule has 0 saturated heterocycles. The first-order valence-corrected chi connectivity index (χ1v) is 13.3. The van der Waals surface area contributed by atoms with Gasteiger partial charge in [-0.1, -0.05) is 61.9 Å². The van der Waals surface area contributed by atoms with E-state index >= 15 is 0 Å². The molecule has 192 valence electrons. The smallest absolute Gasteiger partial charge is 0.264 e. The average molecular weight is 511 g/mol. The number of anilines is 1. The van der Waals surface area contributed by atoms with Crippen molar-refractivity contribution in [3.63, 3.8) is 0 Å². The van der Waals surface area contributed by atoms with Crippen LogP contribution in [-0.4, -0.2) is 35.1 Å². The number of nitrogens with one attached hydrogen (secondary N) is 1. The molecule has 0 aliphatic carbocycles. The summed E-state index contributed by atoms with van der Waals surface area (Å²) in [5, 5.41) is 3.05. The molecule has 0 aliphatic heterocycles. The van der Waals surface area contributed by atoms with E-state index in [1.807, 2.05) is 37.3 Å². The Labute approximate surface area is 214 Å². The van der Waals surface area contributed by atoms with Crippen molar-refractivity contribution in [2.45, 2.75) is 38.1 Å². The fourth-order valence-electron chi connectivity index (χ4n) is 3.94. The van der Waals surface area contributed by atoms with Crippen LogP contribution in [0.15, 0.2) is 77.7 Å². The van der Waals surface area contributed by atoms with Crippen LogP contribution in [0.2, 0.25) is 0 Å². The van der Waals surface area contributed by atoms with Crippen LogP contribution >= 0.6 is 0 Å². The van der Waals surface area contributed by atoms with Crippen molar-refractivity contribution in [3.8, 4) is 11.5 Å². The molecule has 0 aromatic heterocycles. The van der Waals surface area contributed by atoms with Crippen LogP contribution in [0.25, 0.3) is 0 Å². The normalized spacial score (nSPS) is 12.2. The van der Waals surface area contributed by atoms with Gasteiger partial charge in [0.15, 0.2) is 11.5 Å². The Bertz CT molecular complexity index is 1260. The van der Waals surface area contributed by atoms with E-state index in [0.29, 0.717) is 23.1 Å². The summed E-state index contributed by atoms with van der Waals surface area (Å²) in [5.74, 6) is 0.740. The summed E-state index contributed by atoms with van der Waals surface area (Å²) in [7, 11) is -1.08. The molecule has 3 rings (SSSR count). The summed E-state index contributed by atoms with van der Waals surface area (Å²) in [5.41, 5.74) is 2.20. The van der Waals surface area contributed by atoms with Crippen molar-refractivity contribution in [2.75, 3.05) is 25.1 Å². The monoisotopic (exact) mass is 510 g/mol. The molecule has 36 heavy (non-hydrogen) atoms. The second-order valence-corrected chi connectivity index (χ2v) is 10.9. The second-order valence-electron chi connectivity index (χ2n) is 9.02. The van der Waals surface area contributed by atoms with Crippen molar-refractivity contribution in [3.05, 3.63) is 83.9 Å². The molecule has 1 atom stereocenters. The molecule has 0 fully saturated rings. The number of methoxy groups -OCH3 is 2. The van der Waals surface area contributed by atoms with E-state index < -0.39 is 22.5 Å². The van der Waals surface area contributed by atoms with Crippen LogP contribution < -0.4 is 19.1 Å². The zero-order valence-corrected chi connectivity index (χ0v) is 22.2. The van der Waals surface area contributed by atoms with Gasteiger partial charge in [-0.3, -0.25) is 9.10 Å². The Morgan fingerprint density at radius 3 is 2.14 bits per heavy atom. The summed E-state index contributed by atoms with van der Waals surface area (Å²) in [6.07, 6.45) is 0.719. The van der Waals surface area contributed by atoms with Crippen LogP contribution in [0.5, 0.6) is 11.5 Å². The van der Waals surface area contributed by atoms with Crippen molar-refractivity contribution >= 4 is 21.6 Å². The van der Waals surface area contributed by atoms with Crippen LogP contribution in [0.4, 0.5) is 5.69 Å². The number of benzene rings is 3. The minimum Gasteiger partial charge on any atom is -0.493 e. The summed E-state index contributed by atoms with van der Waals surface area (Å²) in [6, 6.07) is 20.8. The number of rotatable bonds is 11. The maximum Gasteiger partial charge on any atom is 0.264 e. The molecule has 0 bridgehead atoms. The van der Waals surface area contributed by atoms with Crippen molar-refractivity contribution in [1.29, 1.82) is 0 Å². The van der Waals surface area contributed by atoms with Crippen LogP contribution in [0, 0.1) is 12.8 Å². The predicted octanol–water partition coefficient (Wildman–Crippen LogP) is 5.11. The lowest BCUT2D eigenvalue weighted by Crippen LogP contribution is -2.42. The number of carbonyl (C=O) groups excluding carboxylic acids is 1. The number of ether oxygens (including phenoxy) is 2. The number of amides is 1. The second kappa shape index (κ2) is 11.9. The van der Waals surface area contributed by atoms with Gasteiger partial charge in [0.2, 0.25) is 5.91 Å². The summed E-state index contributed by atoms with van der Waals surface area (Å²) in [6.45, 7) is 5.65. The van der Waals surface area contributed by atoms with Crippen molar-refractivity contribution in [2.24, 2.45) is 5.92 Å². The molecule has 1 amide bonds. The van der Waals surface area contributed by atoms with Crippen LogP contribution in [0.3, 0.4) is 0 Å². The molecule has 0 radical (unpaired) electrons. The molecular weight excluding hydrogens is 476 g/mol. The third kappa shape index (κ3) is 6.57. The van der Waals surface area contributed by atoms with E-state index in [0.717, 1.165) is 21.9 Å². The van der Waals surface area contributed by atoms with Gasteiger partial charge in [0.1, 0.15) is 6.54 Å². The van der Waals surface area contributed by atoms with E-state index in [9.17, 15) is 13.2 Å². The van der Waals surface area contributed by atoms with Gasteiger partial charge in [-0.05, 0) is 49.1 Å². The maximum absolute atomic E-state index is 13.7. The van der Waals surface area contributed by atoms with Crippen LogP contribution in [0.1, 0.15) is 37.4 Å². The van der Waals surface area contributed by atoms with E-state index in [1.165, 1.54) is 14.2 Å². The SMILES string of the molecule is COc1ccc(N(CC(=O)N[C@H](CC(C)C)c2ccccc2)S(=O)(=O)c2ccc(C)cc2)cc1OC. The van der Waals surface area contributed by atoms with Crippen molar-refractivity contribution < 1.29 is 22.7 Å². The average Bonchev–Trinajstić information content (AvgIpc) is 2.87. The molecule has 0 spiro atoms. The number of sulfonamides is 1. The minimum absolute atomic E-state index is 0.0949. The molecule has 0 aliphatic rings. The quantitative estimate of drug-likeness (QED) is 0.387. The van der Waals surface area contributed by atoms with Gasteiger partial charge in [0, 0.05) is 6.07 Å². The maximum atomic E-state index is 13.7. The number of aryl methyl sites for hydroxylation is 1. The third-order valence-corrected chi connectivity index (χ3v) is 7.58. The molecule has 1 N–H and O–H groups in total. The van der Waals surface area contributed by atoms with E-state index in [1.54, 1.807) is 42.5 Å². The predicted molar refractivity (Wildman–Crippen MR) is 142 cm³/mol. The molecule has 3 aromatic carbocycles. The standard InChI is InChI=1S/C28H34N2O5S/c1-20(2)17-25(22-9-7-6-8-10-22)29-28(31)19-30(23-13-16-26(34-4)27(18-23)35-5)36(32,33)24-14-11-21(3)12-15-24/h6-16,18,20,25H,17,19H2,1-5H3,(H,29,31)/t25-/m1/s1. The molecule has 0 unspecified atom stereocenters. The summed E-state index contributed by atoms with van der Waals surface area (Å²) >= 11 is 0. The molecule has 0 saturated carbocycles. The molecular formula is C28H34N2O5S. The topological polar surface area (TPSA) is 84.9 Å². The lowest BCUT2D eigenvalue weighted by Gasteiger charge is -2.27. The van der Waals surface area contributed by atoms with Gasteiger partial charge >= 0.3 is 0 Å². The van der Waals surface area contributed by atoms with E-state index in [-0.39, 0.29) is 10.9 Å².